The van der Waals surface area contributed by atoms with Crippen LogP contribution < -0.4 is 0 Å². The van der Waals surface area contributed by atoms with Gasteiger partial charge in [0.25, 0.3) is 11.8 Å². The number of hydrogen-bond donors (Lipinski definition) is 0. The second-order valence-corrected chi connectivity index (χ2v) is 10.6. The van der Waals surface area contributed by atoms with Crippen molar-refractivity contribution in [2.24, 2.45) is 0 Å². The van der Waals surface area contributed by atoms with Crippen LogP contribution in [0.2, 0.25) is 0 Å². The Hall–Kier alpha value is -4.15. The zero-order valence-electron chi connectivity index (χ0n) is 21.4. The standard InChI is InChI=1S/C29H25FN4O4S/c1-3-15-39(38)20-12-9-18(10-13-20)27(35)23-16-19(30)11-14-24(23)34-25(4-2)31-32-26(34)17-33-28(36)21-7-5-6-8-22(21)29(33)37/h5-14,16H,3-4,15,17H2,1-2H3. The Morgan fingerprint density at radius 3 is 2.18 bits per heavy atom. The Balaban J connectivity index is 1.53. The number of imide groups is 1. The second-order valence-electron chi connectivity index (χ2n) is 9.03. The lowest BCUT2D eigenvalue weighted by molar-refractivity contribution is 0.0637. The van der Waals surface area contributed by atoms with Crippen molar-refractivity contribution in [3.63, 3.8) is 0 Å². The third-order valence-electron chi connectivity index (χ3n) is 6.50. The van der Waals surface area contributed by atoms with Crippen molar-refractivity contribution in [2.75, 3.05) is 5.75 Å². The molecule has 10 heteroatoms. The SMILES string of the molecule is CCC[S+]([O-])c1ccc(C(=O)c2cc(F)ccc2-n2c(CC)nnc2CN2C(=O)c3ccccc3C2=O)cc1. The highest BCUT2D eigenvalue weighted by molar-refractivity contribution is 7.91. The molecule has 198 valence electrons. The molecular weight excluding hydrogens is 519 g/mol. The quantitative estimate of drug-likeness (QED) is 0.174. The summed E-state index contributed by atoms with van der Waals surface area (Å²) in [6.45, 7) is 3.62. The average molecular weight is 545 g/mol. The smallest absolute Gasteiger partial charge is 0.261 e. The summed E-state index contributed by atoms with van der Waals surface area (Å²) in [6, 6.07) is 16.8. The molecule has 5 rings (SSSR count). The highest BCUT2D eigenvalue weighted by Crippen LogP contribution is 2.27. The van der Waals surface area contributed by atoms with Crippen LogP contribution in [-0.2, 0) is 24.1 Å². The highest BCUT2D eigenvalue weighted by atomic mass is 32.2. The van der Waals surface area contributed by atoms with Gasteiger partial charge in [0.1, 0.15) is 17.4 Å². The van der Waals surface area contributed by atoms with Crippen LogP contribution in [0.4, 0.5) is 4.39 Å². The molecule has 1 unspecified atom stereocenters. The molecule has 0 N–H and O–H groups in total. The van der Waals surface area contributed by atoms with E-state index in [1.807, 2.05) is 13.8 Å². The number of hydrogen-bond acceptors (Lipinski definition) is 6. The zero-order chi connectivity index (χ0) is 27.7. The van der Waals surface area contributed by atoms with E-state index < -0.39 is 34.6 Å². The van der Waals surface area contributed by atoms with Crippen molar-refractivity contribution in [1.29, 1.82) is 0 Å². The lowest BCUT2D eigenvalue weighted by Crippen LogP contribution is -2.30. The maximum Gasteiger partial charge on any atom is 0.261 e. The van der Waals surface area contributed by atoms with Gasteiger partial charge in [-0.05, 0) is 72.2 Å². The first kappa shape index (κ1) is 26.5. The van der Waals surface area contributed by atoms with Crippen LogP contribution in [0.15, 0.2) is 71.6 Å². The van der Waals surface area contributed by atoms with E-state index in [0.29, 0.717) is 45.3 Å². The van der Waals surface area contributed by atoms with Gasteiger partial charge in [-0.25, -0.2) is 4.39 Å². The fraction of sp³-hybridized carbons (Fsp3) is 0.207. The number of nitrogens with zero attached hydrogens (tertiary/aromatic N) is 4. The monoisotopic (exact) mass is 544 g/mol. The fourth-order valence-corrected chi connectivity index (χ4v) is 5.64. The van der Waals surface area contributed by atoms with Crippen molar-refractivity contribution in [1.82, 2.24) is 19.7 Å². The molecule has 0 radical (unpaired) electrons. The molecule has 1 aliphatic rings. The Morgan fingerprint density at radius 2 is 1.56 bits per heavy atom. The van der Waals surface area contributed by atoms with Crippen LogP contribution in [-0.4, -0.2) is 47.6 Å². The van der Waals surface area contributed by atoms with Crippen molar-refractivity contribution >= 4 is 28.8 Å². The number of ketones is 1. The van der Waals surface area contributed by atoms with Crippen molar-refractivity contribution in [2.45, 2.75) is 38.1 Å². The minimum atomic E-state index is -1.16. The van der Waals surface area contributed by atoms with E-state index in [0.717, 1.165) is 17.4 Å². The van der Waals surface area contributed by atoms with Gasteiger partial charge in [0.05, 0.1) is 23.4 Å². The molecule has 0 bridgehead atoms. The minimum Gasteiger partial charge on any atom is -0.611 e. The Morgan fingerprint density at radius 1 is 0.923 bits per heavy atom. The Labute approximate surface area is 227 Å². The summed E-state index contributed by atoms with van der Waals surface area (Å²) < 4.78 is 28.4. The van der Waals surface area contributed by atoms with Gasteiger partial charge < -0.3 is 4.55 Å². The number of rotatable bonds is 9. The van der Waals surface area contributed by atoms with Gasteiger partial charge >= 0.3 is 0 Å². The molecule has 0 aliphatic carbocycles. The third kappa shape index (κ3) is 4.88. The van der Waals surface area contributed by atoms with Gasteiger partial charge in [-0.15, -0.1) is 10.2 Å². The van der Waals surface area contributed by atoms with E-state index >= 15 is 0 Å². The van der Waals surface area contributed by atoms with Gasteiger partial charge in [0.2, 0.25) is 0 Å². The molecule has 2 heterocycles. The lowest BCUT2D eigenvalue weighted by Gasteiger charge is -2.17. The molecule has 3 aromatic carbocycles. The number of aromatic nitrogens is 3. The van der Waals surface area contributed by atoms with Gasteiger partial charge in [0, 0.05) is 17.5 Å². The number of carbonyl (C=O) groups is 3. The molecule has 0 fully saturated rings. The van der Waals surface area contributed by atoms with Gasteiger partial charge in [-0.2, -0.15) is 0 Å². The summed E-state index contributed by atoms with van der Waals surface area (Å²) >= 11 is -1.16. The predicted octanol–water partition coefficient (Wildman–Crippen LogP) is 4.51. The van der Waals surface area contributed by atoms with Crippen LogP contribution in [0.3, 0.4) is 0 Å². The Bertz CT molecular complexity index is 1550. The summed E-state index contributed by atoms with van der Waals surface area (Å²) in [5, 5.41) is 8.45. The molecule has 39 heavy (non-hydrogen) atoms. The number of fused-ring (bicyclic) bond motifs is 1. The maximum atomic E-state index is 14.5. The molecule has 0 saturated carbocycles. The van der Waals surface area contributed by atoms with E-state index in [9.17, 15) is 23.3 Å². The first-order chi connectivity index (χ1) is 18.8. The molecule has 1 aliphatic heterocycles. The number of amides is 2. The first-order valence-electron chi connectivity index (χ1n) is 12.6. The summed E-state index contributed by atoms with van der Waals surface area (Å²) in [5.41, 5.74) is 1.31. The van der Waals surface area contributed by atoms with E-state index in [1.54, 1.807) is 53.1 Å². The van der Waals surface area contributed by atoms with Crippen LogP contribution >= 0.6 is 0 Å². The summed E-state index contributed by atoms with van der Waals surface area (Å²) in [6.07, 6.45) is 1.19. The largest absolute Gasteiger partial charge is 0.611 e. The van der Waals surface area contributed by atoms with Crippen molar-refractivity contribution < 1.29 is 23.3 Å². The average Bonchev–Trinajstić information content (AvgIpc) is 3.47. The molecule has 1 aromatic heterocycles. The van der Waals surface area contributed by atoms with E-state index in [4.69, 9.17) is 0 Å². The van der Waals surface area contributed by atoms with Crippen LogP contribution in [0.25, 0.3) is 5.69 Å². The number of halogens is 1. The molecular formula is C29H25FN4O4S. The van der Waals surface area contributed by atoms with Crippen LogP contribution in [0.5, 0.6) is 0 Å². The van der Waals surface area contributed by atoms with Gasteiger partial charge in [-0.1, -0.05) is 26.0 Å². The molecule has 0 spiro atoms. The number of benzene rings is 3. The van der Waals surface area contributed by atoms with Crippen LogP contribution in [0, 0.1) is 5.82 Å². The fourth-order valence-electron chi connectivity index (χ4n) is 4.59. The summed E-state index contributed by atoms with van der Waals surface area (Å²) in [4.78, 5) is 41.3. The zero-order valence-corrected chi connectivity index (χ0v) is 22.2. The number of carbonyl (C=O) groups excluding carboxylic acids is 3. The first-order valence-corrected chi connectivity index (χ1v) is 13.9. The lowest BCUT2D eigenvalue weighted by atomic mass is 10.0. The topological polar surface area (TPSA) is 108 Å². The summed E-state index contributed by atoms with van der Waals surface area (Å²) in [7, 11) is 0. The normalized spacial score (nSPS) is 13.6. The minimum absolute atomic E-state index is 0.0653. The van der Waals surface area contributed by atoms with E-state index in [-0.39, 0.29) is 17.9 Å². The molecule has 4 aromatic rings. The van der Waals surface area contributed by atoms with Gasteiger partial charge in [-0.3, -0.25) is 23.9 Å². The van der Waals surface area contributed by atoms with Gasteiger partial charge in [0.15, 0.2) is 16.5 Å². The van der Waals surface area contributed by atoms with Crippen LogP contribution in [0.1, 0.15) is 68.6 Å². The summed E-state index contributed by atoms with van der Waals surface area (Å²) in [5.74, 6) is -0.682. The van der Waals surface area contributed by atoms with Crippen molar-refractivity contribution in [3.8, 4) is 5.69 Å². The predicted molar refractivity (Wildman–Crippen MR) is 143 cm³/mol. The number of aryl methyl sites for hydroxylation is 1. The molecule has 2 amide bonds. The van der Waals surface area contributed by atoms with E-state index in [1.165, 1.54) is 12.1 Å². The van der Waals surface area contributed by atoms with E-state index in [2.05, 4.69) is 10.2 Å². The Kier molecular flexibility index (Phi) is 7.40. The second kappa shape index (κ2) is 10.9. The third-order valence-corrected chi connectivity index (χ3v) is 8.08. The highest BCUT2D eigenvalue weighted by Gasteiger charge is 2.36. The maximum absolute atomic E-state index is 14.5. The van der Waals surface area contributed by atoms with Crippen molar-refractivity contribution in [3.05, 3.63) is 106 Å². The molecule has 1 atom stereocenters. The molecule has 8 nitrogen and oxygen atoms in total. The molecule has 0 saturated heterocycles.